The van der Waals surface area contributed by atoms with E-state index in [0.29, 0.717) is 43.0 Å². The van der Waals surface area contributed by atoms with Gasteiger partial charge in [-0.25, -0.2) is 22.6 Å². The third kappa shape index (κ3) is 4.55. The molecule has 32 heavy (non-hydrogen) atoms. The van der Waals surface area contributed by atoms with E-state index in [1.54, 1.807) is 0 Å². The number of cyclic esters (lactones) is 1. The Hall–Kier alpha value is -3.52. The molecule has 1 aromatic heterocycles. The first-order chi connectivity index (χ1) is 15.3. The van der Waals surface area contributed by atoms with Crippen LogP contribution >= 0.6 is 0 Å². The number of hydrogen-bond acceptors (Lipinski definition) is 8. The average Bonchev–Trinajstić information content (AvgIpc) is 3.14. The first kappa shape index (κ1) is 21.7. The van der Waals surface area contributed by atoms with Crippen LogP contribution in [-0.4, -0.2) is 38.4 Å². The molecule has 3 heterocycles. The lowest BCUT2D eigenvalue weighted by Crippen LogP contribution is -2.43. The molecule has 0 atom stereocenters. The summed E-state index contributed by atoms with van der Waals surface area (Å²) in [6, 6.07) is 8.53. The number of pyridine rings is 1. The van der Waals surface area contributed by atoms with Gasteiger partial charge in [0.2, 0.25) is 15.9 Å². The molecule has 0 spiro atoms. The van der Waals surface area contributed by atoms with Crippen molar-refractivity contribution >= 4 is 27.7 Å². The summed E-state index contributed by atoms with van der Waals surface area (Å²) in [5.74, 6) is -2.09. The number of fused-ring (bicyclic) bond motifs is 1. The highest BCUT2D eigenvalue weighted by Gasteiger charge is 2.31. The second-order valence-electron chi connectivity index (χ2n) is 7.65. The fourth-order valence-electron chi connectivity index (χ4n) is 3.79. The molecule has 0 unspecified atom stereocenters. The van der Waals surface area contributed by atoms with Crippen LogP contribution < -0.4 is 9.62 Å². The van der Waals surface area contributed by atoms with Crippen molar-refractivity contribution in [2.75, 3.05) is 18.0 Å². The smallest absolute Gasteiger partial charge is 0.340 e. The molecule has 1 amide bonds. The lowest BCUT2D eigenvalue weighted by molar-refractivity contribution is -0.123. The number of ether oxygens (including phenoxy) is 1. The predicted octanol–water partition coefficient (Wildman–Crippen LogP) is 1.63. The number of esters is 1. The van der Waals surface area contributed by atoms with Crippen molar-refractivity contribution in [3.63, 3.8) is 0 Å². The largest absolute Gasteiger partial charge is 0.455 e. The highest BCUT2D eigenvalue weighted by molar-refractivity contribution is 7.89. The molecule has 1 fully saturated rings. The molecule has 4 rings (SSSR count). The molecule has 0 bridgehead atoms. The van der Waals surface area contributed by atoms with Crippen LogP contribution in [0, 0.1) is 23.1 Å². The minimum absolute atomic E-state index is 0.0532. The van der Waals surface area contributed by atoms with E-state index in [0.717, 1.165) is 12.1 Å². The zero-order chi connectivity index (χ0) is 22.9. The third-order valence-corrected chi connectivity index (χ3v) is 6.68. The first-order valence-corrected chi connectivity index (χ1v) is 11.6. The predicted molar refractivity (Wildman–Crippen MR) is 110 cm³/mol. The summed E-state index contributed by atoms with van der Waals surface area (Å²) in [5.41, 5.74) is 1.37. The highest BCUT2D eigenvalue weighted by Crippen LogP contribution is 2.29. The Morgan fingerprint density at radius 2 is 1.97 bits per heavy atom. The normalized spacial score (nSPS) is 16.2. The van der Waals surface area contributed by atoms with Gasteiger partial charge in [0, 0.05) is 19.0 Å². The number of nitrogens with one attached hydrogen (secondary N) is 1. The highest BCUT2D eigenvalue weighted by atomic mass is 32.2. The maximum atomic E-state index is 13.0. The van der Waals surface area contributed by atoms with E-state index in [9.17, 15) is 27.7 Å². The number of nitrogens with zero attached hydrogens (tertiary/aromatic N) is 3. The minimum Gasteiger partial charge on any atom is -0.455 e. The van der Waals surface area contributed by atoms with Gasteiger partial charge in [-0.3, -0.25) is 9.52 Å². The Morgan fingerprint density at radius 1 is 1.28 bits per heavy atom. The Balaban J connectivity index is 1.38. The summed E-state index contributed by atoms with van der Waals surface area (Å²) in [6.07, 6.45) is 0.744. The summed E-state index contributed by atoms with van der Waals surface area (Å²) in [5, 5.41) is 9.45. The number of benzene rings is 1. The van der Waals surface area contributed by atoms with Gasteiger partial charge in [0.05, 0.1) is 22.6 Å². The first-order valence-electron chi connectivity index (χ1n) is 9.90. The van der Waals surface area contributed by atoms with Gasteiger partial charge in [-0.15, -0.1) is 0 Å². The summed E-state index contributed by atoms with van der Waals surface area (Å²) in [7, 11) is -3.92. The molecule has 1 saturated heterocycles. The Kier molecular flexibility index (Phi) is 5.80. The van der Waals surface area contributed by atoms with E-state index >= 15 is 0 Å². The molecule has 2 aliphatic heterocycles. The topological polar surface area (TPSA) is 129 Å². The fourth-order valence-corrected chi connectivity index (χ4v) is 4.97. The zero-order valence-electron chi connectivity index (χ0n) is 16.9. The molecule has 2 aliphatic rings. The fraction of sp³-hybridized carbons (Fsp3) is 0.333. The number of rotatable bonds is 5. The van der Waals surface area contributed by atoms with Gasteiger partial charge in [-0.05, 0) is 36.6 Å². The van der Waals surface area contributed by atoms with Gasteiger partial charge >= 0.3 is 5.97 Å². The van der Waals surface area contributed by atoms with Crippen LogP contribution in [0.4, 0.5) is 10.2 Å². The number of halogens is 1. The van der Waals surface area contributed by atoms with E-state index in [-0.39, 0.29) is 17.7 Å². The van der Waals surface area contributed by atoms with Crippen LogP contribution in [0.1, 0.15) is 40.0 Å². The third-order valence-electron chi connectivity index (χ3n) is 5.45. The summed E-state index contributed by atoms with van der Waals surface area (Å²) >= 11 is 0. The number of nitriles is 1. The molecule has 11 heteroatoms. The van der Waals surface area contributed by atoms with Crippen molar-refractivity contribution in [2.24, 2.45) is 5.92 Å². The van der Waals surface area contributed by atoms with E-state index in [4.69, 9.17) is 4.74 Å². The number of carbonyl (C=O) groups is 2. The quantitative estimate of drug-likeness (QED) is 0.669. The van der Waals surface area contributed by atoms with Crippen molar-refractivity contribution in [3.05, 3.63) is 58.5 Å². The Bertz CT molecular complexity index is 1220. The number of sulfonamides is 1. The van der Waals surface area contributed by atoms with Gasteiger partial charge < -0.3 is 9.64 Å². The molecule has 166 valence electrons. The van der Waals surface area contributed by atoms with Gasteiger partial charge in [-0.1, -0.05) is 12.1 Å². The van der Waals surface area contributed by atoms with Gasteiger partial charge in [0.25, 0.3) is 0 Å². The number of amides is 1. The number of hydrogen-bond donors (Lipinski definition) is 1. The van der Waals surface area contributed by atoms with Crippen LogP contribution in [0.5, 0.6) is 0 Å². The molecule has 0 radical (unpaired) electrons. The van der Waals surface area contributed by atoms with Crippen molar-refractivity contribution in [3.8, 4) is 6.07 Å². The lowest BCUT2D eigenvalue weighted by Gasteiger charge is -2.32. The van der Waals surface area contributed by atoms with Crippen LogP contribution in [0.2, 0.25) is 0 Å². The van der Waals surface area contributed by atoms with Crippen molar-refractivity contribution in [2.45, 2.75) is 25.2 Å². The maximum absolute atomic E-state index is 13.0. The molecule has 1 aromatic carbocycles. The van der Waals surface area contributed by atoms with E-state index in [1.807, 2.05) is 11.0 Å². The standard InChI is InChI=1S/C21H19FN4O5S/c22-16-3-1-13(2-4-16)12-32(29,30)25-20(27)14-5-7-26(8-6-14)19-15(10-23)9-17-18(24-19)11-31-21(17)28/h1-4,9,14H,5-8,11-12H2,(H,25,27). The number of anilines is 1. The molecule has 0 aliphatic carbocycles. The van der Waals surface area contributed by atoms with Crippen molar-refractivity contribution < 1.29 is 27.1 Å². The zero-order valence-corrected chi connectivity index (χ0v) is 17.7. The second-order valence-corrected chi connectivity index (χ2v) is 9.38. The van der Waals surface area contributed by atoms with E-state index in [1.165, 1.54) is 18.2 Å². The van der Waals surface area contributed by atoms with Gasteiger partial charge in [0.15, 0.2) is 0 Å². The molecule has 2 aromatic rings. The van der Waals surface area contributed by atoms with E-state index < -0.39 is 39.4 Å². The van der Waals surface area contributed by atoms with Crippen molar-refractivity contribution in [1.82, 2.24) is 9.71 Å². The van der Waals surface area contributed by atoms with Crippen LogP contribution in [0.15, 0.2) is 30.3 Å². The minimum atomic E-state index is -3.92. The SMILES string of the molecule is N#Cc1cc2c(nc1N1CCC(C(=O)NS(=O)(=O)Cc3ccc(F)cc3)CC1)COC2=O. The lowest BCUT2D eigenvalue weighted by atomic mass is 9.96. The number of aromatic nitrogens is 1. The molecule has 9 nitrogen and oxygen atoms in total. The maximum Gasteiger partial charge on any atom is 0.340 e. The molecular formula is C21H19FN4O5S. The summed E-state index contributed by atoms with van der Waals surface area (Å²) in [4.78, 5) is 30.5. The van der Waals surface area contributed by atoms with Crippen LogP contribution in [-0.2, 0) is 31.9 Å². The van der Waals surface area contributed by atoms with Gasteiger partial charge in [-0.2, -0.15) is 5.26 Å². The number of carbonyl (C=O) groups excluding carboxylic acids is 2. The van der Waals surface area contributed by atoms with Crippen molar-refractivity contribution in [1.29, 1.82) is 5.26 Å². The van der Waals surface area contributed by atoms with Crippen LogP contribution in [0.25, 0.3) is 0 Å². The second kappa shape index (κ2) is 8.55. The monoisotopic (exact) mass is 458 g/mol. The number of piperidine rings is 1. The molecule has 1 N–H and O–H groups in total. The summed E-state index contributed by atoms with van der Waals surface area (Å²) < 4.78 is 44.7. The molecule has 0 saturated carbocycles. The Labute approximate surface area is 183 Å². The van der Waals surface area contributed by atoms with E-state index in [2.05, 4.69) is 9.71 Å². The Morgan fingerprint density at radius 3 is 2.62 bits per heavy atom. The van der Waals surface area contributed by atoms with Crippen LogP contribution in [0.3, 0.4) is 0 Å². The molecular weight excluding hydrogens is 439 g/mol. The summed E-state index contributed by atoms with van der Waals surface area (Å²) in [6.45, 7) is 0.842. The van der Waals surface area contributed by atoms with Gasteiger partial charge in [0.1, 0.15) is 24.3 Å². The average molecular weight is 458 g/mol.